The Balaban J connectivity index is 1.56. The molecular formula is C23H21F3N6O2. The highest BCUT2D eigenvalue weighted by Gasteiger charge is 2.37. The molecule has 176 valence electrons. The van der Waals surface area contributed by atoms with Crippen molar-refractivity contribution in [3.8, 4) is 0 Å². The minimum atomic E-state index is -4.57. The van der Waals surface area contributed by atoms with Crippen molar-refractivity contribution >= 4 is 28.3 Å². The maximum Gasteiger partial charge on any atom is 0.433 e. The van der Waals surface area contributed by atoms with E-state index < -0.39 is 24.0 Å². The van der Waals surface area contributed by atoms with Crippen LogP contribution in [0, 0.1) is 6.92 Å². The lowest BCUT2D eigenvalue weighted by atomic mass is 9.97. The molecule has 0 bridgehead atoms. The highest BCUT2D eigenvalue weighted by Crippen LogP contribution is 2.37. The largest absolute Gasteiger partial charge is 0.433 e. The molecule has 1 aliphatic rings. The SMILES string of the molecule is Cc1cc2nc(N)c3cncn3c2cc1C(=O)N(C)C1COC(C)c2nc(C(F)(F)F)ccc21. The average molecular weight is 470 g/mol. The highest BCUT2D eigenvalue weighted by atomic mass is 19.4. The van der Waals surface area contributed by atoms with Gasteiger partial charge in [0.1, 0.15) is 17.0 Å². The number of hydrogen-bond donors (Lipinski definition) is 1. The second-order valence-electron chi connectivity index (χ2n) is 8.38. The summed E-state index contributed by atoms with van der Waals surface area (Å²) in [5.41, 5.74) is 8.76. The van der Waals surface area contributed by atoms with E-state index in [9.17, 15) is 18.0 Å². The fourth-order valence-electron chi connectivity index (χ4n) is 4.36. The zero-order valence-electron chi connectivity index (χ0n) is 18.6. The molecule has 11 heteroatoms. The second kappa shape index (κ2) is 7.66. The van der Waals surface area contributed by atoms with Gasteiger partial charge in [0.2, 0.25) is 0 Å². The molecule has 5 rings (SSSR count). The third-order valence-electron chi connectivity index (χ3n) is 6.24. The summed E-state index contributed by atoms with van der Waals surface area (Å²) in [7, 11) is 1.60. The number of benzene rings is 1. The molecule has 0 saturated carbocycles. The van der Waals surface area contributed by atoms with Gasteiger partial charge in [0.15, 0.2) is 0 Å². The third-order valence-corrected chi connectivity index (χ3v) is 6.24. The van der Waals surface area contributed by atoms with Crippen LogP contribution in [-0.4, -0.2) is 43.8 Å². The first-order chi connectivity index (χ1) is 16.1. The summed E-state index contributed by atoms with van der Waals surface area (Å²) in [6.07, 6.45) is -2.00. The molecule has 3 aromatic heterocycles. The van der Waals surface area contributed by atoms with E-state index in [1.807, 2.05) is 0 Å². The number of nitrogens with two attached hydrogens (primary N) is 1. The number of nitrogen functional groups attached to an aromatic ring is 1. The van der Waals surface area contributed by atoms with Gasteiger partial charge >= 0.3 is 6.18 Å². The zero-order chi connectivity index (χ0) is 24.4. The Labute approximate surface area is 192 Å². The van der Waals surface area contributed by atoms with E-state index in [1.54, 1.807) is 50.0 Å². The Morgan fingerprint density at radius 2 is 2.00 bits per heavy atom. The zero-order valence-corrected chi connectivity index (χ0v) is 18.6. The third kappa shape index (κ3) is 3.43. The lowest BCUT2D eigenvalue weighted by Gasteiger charge is -2.35. The van der Waals surface area contributed by atoms with Gasteiger partial charge in [-0.25, -0.2) is 15.0 Å². The number of hydrogen-bond acceptors (Lipinski definition) is 6. The summed E-state index contributed by atoms with van der Waals surface area (Å²) < 4.78 is 47.0. The molecule has 0 saturated heterocycles. The number of ether oxygens (including phenoxy) is 1. The van der Waals surface area contributed by atoms with Gasteiger partial charge < -0.3 is 15.4 Å². The number of amides is 1. The summed E-state index contributed by atoms with van der Waals surface area (Å²) in [6.45, 7) is 3.58. The molecule has 1 aliphatic heterocycles. The molecule has 0 fully saturated rings. The highest BCUT2D eigenvalue weighted by molar-refractivity contribution is 5.99. The maximum atomic E-state index is 13.6. The Morgan fingerprint density at radius 1 is 1.24 bits per heavy atom. The summed E-state index contributed by atoms with van der Waals surface area (Å²) in [5.74, 6) is 0.0230. The van der Waals surface area contributed by atoms with Crippen molar-refractivity contribution in [1.82, 2.24) is 24.3 Å². The van der Waals surface area contributed by atoms with Crippen molar-refractivity contribution in [2.45, 2.75) is 32.2 Å². The van der Waals surface area contributed by atoms with Crippen molar-refractivity contribution in [3.05, 3.63) is 64.9 Å². The van der Waals surface area contributed by atoms with Crippen LogP contribution in [0.25, 0.3) is 16.6 Å². The molecule has 4 heterocycles. The van der Waals surface area contributed by atoms with Crippen LogP contribution in [0.5, 0.6) is 0 Å². The van der Waals surface area contributed by atoms with Crippen LogP contribution in [-0.2, 0) is 10.9 Å². The topological polar surface area (TPSA) is 98.6 Å². The van der Waals surface area contributed by atoms with Crippen LogP contribution in [0.3, 0.4) is 0 Å². The number of aromatic nitrogens is 4. The number of carbonyl (C=O) groups excluding carboxylic acids is 1. The summed E-state index contributed by atoms with van der Waals surface area (Å²) >= 11 is 0. The van der Waals surface area contributed by atoms with Crippen LogP contribution in [0.1, 0.15) is 51.9 Å². The molecule has 1 aromatic carbocycles. The minimum Gasteiger partial charge on any atom is -0.382 e. The number of rotatable bonds is 2. The summed E-state index contributed by atoms with van der Waals surface area (Å²) in [4.78, 5) is 27.4. The van der Waals surface area contributed by atoms with Gasteiger partial charge in [0, 0.05) is 18.2 Å². The Morgan fingerprint density at radius 3 is 2.74 bits per heavy atom. The van der Waals surface area contributed by atoms with E-state index in [0.29, 0.717) is 39.1 Å². The quantitative estimate of drug-likeness (QED) is 0.474. The monoisotopic (exact) mass is 470 g/mol. The van der Waals surface area contributed by atoms with Crippen molar-refractivity contribution in [2.24, 2.45) is 0 Å². The van der Waals surface area contributed by atoms with Gasteiger partial charge in [-0.05, 0) is 37.6 Å². The average Bonchev–Trinajstić information content (AvgIpc) is 3.28. The molecule has 8 nitrogen and oxygen atoms in total. The number of anilines is 1. The molecule has 0 aliphatic carbocycles. The molecule has 0 radical (unpaired) electrons. The van der Waals surface area contributed by atoms with Crippen molar-refractivity contribution < 1.29 is 22.7 Å². The predicted molar refractivity (Wildman–Crippen MR) is 118 cm³/mol. The Kier molecular flexibility index (Phi) is 4.97. The van der Waals surface area contributed by atoms with E-state index in [-0.39, 0.29) is 18.2 Å². The van der Waals surface area contributed by atoms with E-state index >= 15 is 0 Å². The standard InChI is InChI=1S/C23H21F3N6O2/c1-11-6-15-16(32-10-28-8-17(32)21(27)29-15)7-14(11)22(33)31(3)18-9-34-12(2)20-13(18)4-5-19(30-20)23(24,25)26/h4-8,10,12,18H,9H2,1-3H3,(H2,27,29). The van der Waals surface area contributed by atoms with Crippen LogP contribution in [0.15, 0.2) is 36.8 Å². The van der Waals surface area contributed by atoms with E-state index in [1.165, 1.54) is 11.0 Å². The van der Waals surface area contributed by atoms with Crippen LogP contribution in [0.4, 0.5) is 19.0 Å². The number of imidazole rings is 1. The number of nitrogens with zero attached hydrogens (tertiary/aromatic N) is 5. The molecule has 2 atom stereocenters. The number of aryl methyl sites for hydroxylation is 1. The van der Waals surface area contributed by atoms with Crippen LogP contribution < -0.4 is 5.73 Å². The normalized spacial score (nSPS) is 18.3. The van der Waals surface area contributed by atoms with Crippen molar-refractivity contribution in [3.63, 3.8) is 0 Å². The molecule has 34 heavy (non-hydrogen) atoms. The predicted octanol–water partition coefficient (Wildman–Crippen LogP) is 4.09. The first kappa shape index (κ1) is 22.1. The summed E-state index contributed by atoms with van der Waals surface area (Å²) in [6, 6.07) is 5.23. The second-order valence-corrected chi connectivity index (χ2v) is 8.38. The van der Waals surface area contributed by atoms with Crippen molar-refractivity contribution in [2.75, 3.05) is 19.4 Å². The van der Waals surface area contributed by atoms with Gasteiger partial charge in [-0.3, -0.25) is 9.20 Å². The maximum absolute atomic E-state index is 13.6. The first-order valence-corrected chi connectivity index (χ1v) is 10.5. The van der Waals surface area contributed by atoms with Gasteiger partial charge in [0.25, 0.3) is 5.91 Å². The number of halogens is 3. The number of carbonyl (C=O) groups is 1. The Bertz CT molecular complexity index is 1450. The van der Waals surface area contributed by atoms with Crippen molar-refractivity contribution in [1.29, 1.82) is 0 Å². The molecule has 2 unspecified atom stereocenters. The fourth-order valence-corrected chi connectivity index (χ4v) is 4.36. The van der Waals surface area contributed by atoms with Gasteiger partial charge in [-0.15, -0.1) is 0 Å². The lowest BCUT2D eigenvalue weighted by Crippen LogP contribution is -2.38. The molecule has 1 amide bonds. The van der Waals surface area contributed by atoms with E-state index in [0.717, 1.165) is 6.07 Å². The summed E-state index contributed by atoms with van der Waals surface area (Å²) in [5, 5.41) is 0. The first-order valence-electron chi connectivity index (χ1n) is 10.5. The van der Waals surface area contributed by atoms with Gasteiger partial charge in [-0.1, -0.05) is 6.07 Å². The van der Waals surface area contributed by atoms with Crippen LogP contribution in [0.2, 0.25) is 0 Å². The fraction of sp³-hybridized carbons (Fsp3) is 0.304. The minimum absolute atomic E-state index is 0.139. The van der Waals surface area contributed by atoms with E-state index in [4.69, 9.17) is 10.5 Å². The molecule has 0 spiro atoms. The molecular weight excluding hydrogens is 449 g/mol. The Hall–Kier alpha value is -3.73. The lowest BCUT2D eigenvalue weighted by molar-refractivity contribution is -0.141. The van der Waals surface area contributed by atoms with Gasteiger partial charge in [0.05, 0.1) is 48.0 Å². The van der Waals surface area contributed by atoms with E-state index in [2.05, 4.69) is 15.0 Å². The molecule has 2 N–H and O–H groups in total. The number of alkyl halides is 3. The van der Waals surface area contributed by atoms with Crippen LogP contribution >= 0.6 is 0 Å². The number of pyridine rings is 1. The number of likely N-dealkylation sites (N-methyl/N-ethyl adjacent to an activating group) is 1. The molecule has 4 aromatic rings. The van der Waals surface area contributed by atoms with Gasteiger partial charge in [-0.2, -0.15) is 13.2 Å². The number of fused-ring (bicyclic) bond motifs is 4. The smallest absolute Gasteiger partial charge is 0.382 e.